The Kier molecular flexibility index (Phi) is 6.31. The van der Waals surface area contributed by atoms with E-state index >= 15 is 0 Å². The fraction of sp³-hybridized carbons (Fsp3) is 0.429. The summed E-state index contributed by atoms with van der Waals surface area (Å²) in [4.78, 5) is 28.0. The van der Waals surface area contributed by atoms with Crippen LogP contribution in [0.2, 0.25) is 0 Å². The lowest BCUT2D eigenvalue weighted by Crippen LogP contribution is -2.39. The van der Waals surface area contributed by atoms with Gasteiger partial charge in [-0.2, -0.15) is 0 Å². The SMILES string of the molecule is CCOC(=O)/C(N)=C1\CN(c2ccc(-c3nccn3C)cn2)CCC1=NC(C)C. The van der Waals surface area contributed by atoms with Crippen LogP contribution in [0.4, 0.5) is 5.82 Å². The van der Waals surface area contributed by atoms with Gasteiger partial charge in [0.05, 0.1) is 6.61 Å². The minimum absolute atomic E-state index is 0.122. The monoisotopic (exact) mass is 396 g/mol. The molecule has 8 heteroatoms. The number of aromatic nitrogens is 3. The Labute approximate surface area is 171 Å². The minimum atomic E-state index is -0.501. The van der Waals surface area contributed by atoms with E-state index in [0.29, 0.717) is 13.0 Å². The molecule has 0 saturated carbocycles. The largest absolute Gasteiger partial charge is 0.461 e. The van der Waals surface area contributed by atoms with Crippen molar-refractivity contribution in [2.45, 2.75) is 33.2 Å². The fourth-order valence-corrected chi connectivity index (χ4v) is 3.32. The number of rotatable bonds is 5. The number of piperidine rings is 1. The Morgan fingerprint density at radius 1 is 1.34 bits per heavy atom. The number of nitrogens with zero attached hydrogens (tertiary/aromatic N) is 5. The number of pyridine rings is 1. The molecule has 29 heavy (non-hydrogen) atoms. The van der Waals surface area contributed by atoms with Crippen LogP contribution in [0.25, 0.3) is 11.4 Å². The summed E-state index contributed by atoms with van der Waals surface area (Å²) in [7, 11) is 1.95. The Bertz CT molecular complexity index is 927. The van der Waals surface area contributed by atoms with E-state index in [1.807, 2.05) is 50.0 Å². The van der Waals surface area contributed by atoms with Gasteiger partial charge >= 0.3 is 5.97 Å². The summed E-state index contributed by atoms with van der Waals surface area (Å²) in [5, 5.41) is 0. The van der Waals surface area contributed by atoms with Crippen LogP contribution in [0.15, 0.2) is 47.0 Å². The molecule has 1 aliphatic heterocycles. The second kappa shape index (κ2) is 8.89. The van der Waals surface area contributed by atoms with Crippen LogP contribution in [0, 0.1) is 0 Å². The molecule has 8 nitrogen and oxygen atoms in total. The summed E-state index contributed by atoms with van der Waals surface area (Å²) in [5.74, 6) is 1.18. The fourth-order valence-electron chi connectivity index (χ4n) is 3.32. The zero-order valence-corrected chi connectivity index (χ0v) is 17.4. The molecule has 0 aliphatic carbocycles. The highest BCUT2D eigenvalue weighted by Crippen LogP contribution is 2.24. The third-order valence-electron chi connectivity index (χ3n) is 4.70. The Balaban J connectivity index is 1.87. The molecule has 2 N–H and O–H groups in total. The van der Waals surface area contributed by atoms with Crippen LogP contribution in [-0.2, 0) is 16.6 Å². The van der Waals surface area contributed by atoms with Crippen molar-refractivity contribution in [3.8, 4) is 11.4 Å². The summed E-state index contributed by atoms with van der Waals surface area (Å²) in [6.07, 6.45) is 6.17. The smallest absolute Gasteiger partial charge is 0.354 e. The number of aryl methyl sites for hydroxylation is 1. The first kappa shape index (κ1) is 20.6. The summed E-state index contributed by atoms with van der Waals surface area (Å²) in [6.45, 7) is 7.28. The zero-order chi connectivity index (χ0) is 21.0. The highest BCUT2D eigenvalue weighted by atomic mass is 16.5. The molecule has 3 heterocycles. The number of carbonyl (C=O) groups is 1. The van der Waals surface area contributed by atoms with E-state index in [1.165, 1.54) is 0 Å². The van der Waals surface area contributed by atoms with Crippen LogP contribution in [0.5, 0.6) is 0 Å². The lowest BCUT2D eigenvalue weighted by Gasteiger charge is -2.31. The molecule has 0 spiro atoms. The number of anilines is 1. The quantitative estimate of drug-likeness (QED) is 0.615. The molecular formula is C21H28N6O2. The topological polar surface area (TPSA) is 98.6 Å². The second-order valence-corrected chi connectivity index (χ2v) is 7.22. The summed E-state index contributed by atoms with van der Waals surface area (Å²) < 4.78 is 7.05. The van der Waals surface area contributed by atoms with Crippen molar-refractivity contribution in [1.29, 1.82) is 0 Å². The van der Waals surface area contributed by atoms with E-state index < -0.39 is 5.97 Å². The molecule has 0 bridgehead atoms. The second-order valence-electron chi connectivity index (χ2n) is 7.22. The highest BCUT2D eigenvalue weighted by Gasteiger charge is 2.26. The first-order valence-electron chi connectivity index (χ1n) is 9.82. The molecule has 0 atom stereocenters. The lowest BCUT2D eigenvalue weighted by molar-refractivity contribution is -0.138. The van der Waals surface area contributed by atoms with E-state index in [1.54, 1.807) is 13.1 Å². The molecule has 0 amide bonds. The molecule has 2 aromatic rings. The van der Waals surface area contributed by atoms with Gasteiger partial charge in [-0.05, 0) is 32.9 Å². The maximum atomic E-state index is 12.2. The highest BCUT2D eigenvalue weighted by molar-refractivity contribution is 6.08. The number of imidazole rings is 1. The van der Waals surface area contributed by atoms with Crippen molar-refractivity contribution in [3.63, 3.8) is 0 Å². The number of nitrogens with two attached hydrogens (primary N) is 1. The molecular weight excluding hydrogens is 368 g/mol. The Morgan fingerprint density at radius 2 is 2.14 bits per heavy atom. The van der Waals surface area contributed by atoms with Gasteiger partial charge in [0.15, 0.2) is 0 Å². The van der Waals surface area contributed by atoms with Gasteiger partial charge in [0, 0.05) is 68.0 Å². The average molecular weight is 396 g/mol. The van der Waals surface area contributed by atoms with Gasteiger partial charge < -0.3 is 19.9 Å². The first-order chi connectivity index (χ1) is 13.9. The van der Waals surface area contributed by atoms with Crippen molar-refractivity contribution in [2.75, 3.05) is 24.6 Å². The van der Waals surface area contributed by atoms with Gasteiger partial charge in [-0.25, -0.2) is 14.8 Å². The Hall–Kier alpha value is -3.16. The van der Waals surface area contributed by atoms with Crippen LogP contribution in [0.1, 0.15) is 27.2 Å². The standard InChI is InChI=1S/C21H28N6O2/c1-5-29-21(28)19(22)16-13-27(10-8-17(16)25-14(2)3)18-7-6-15(12-24-18)20-23-9-11-26(20)4/h6-7,9,11-12,14H,5,8,10,13,22H2,1-4H3/b19-16-,25-17?. The van der Waals surface area contributed by atoms with Crippen LogP contribution in [0.3, 0.4) is 0 Å². The molecule has 1 fully saturated rings. The normalized spacial score (nSPS) is 17.7. The molecule has 1 saturated heterocycles. The van der Waals surface area contributed by atoms with Crippen molar-refractivity contribution in [3.05, 3.63) is 42.0 Å². The van der Waals surface area contributed by atoms with E-state index in [4.69, 9.17) is 10.5 Å². The Morgan fingerprint density at radius 3 is 2.72 bits per heavy atom. The predicted molar refractivity (Wildman–Crippen MR) is 114 cm³/mol. The number of esters is 1. The zero-order valence-electron chi connectivity index (χ0n) is 17.4. The van der Waals surface area contributed by atoms with Gasteiger partial charge in [0.2, 0.25) is 0 Å². The third kappa shape index (κ3) is 4.64. The van der Waals surface area contributed by atoms with Gasteiger partial charge in [-0.15, -0.1) is 0 Å². The van der Waals surface area contributed by atoms with Crippen molar-refractivity contribution >= 4 is 17.5 Å². The number of hydrogen-bond acceptors (Lipinski definition) is 7. The molecule has 2 aromatic heterocycles. The maximum absolute atomic E-state index is 12.2. The van der Waals surface area contributed by atoms with Crippen molar-refractivity contribution in [1.82, 2.24) is 14.5 Å². The molecule has 1 aliphatic rings. The average Bonchev–Trinajstić information content (AvgIpc) is 3.13. The van der Waals surface area contributed by atoms with Gasteiger partial charge in [0.25, 0.3) is 0 Å². The lowest BCUT2D eigenvalue weighted by atomic mass is 9.99. The number of hydrogen-bond donors (Lipinski definition) is 1. The van der Waals surface area contributed by atoms with Gasteiger partial charge in [-0.1, -0.05) is 0 Å². The van der Waals surface area contributed by atoms with E-state index in [0.717, 1.165) is 35.0 Å². The van der Waals surface area contributed by atoms with Crippen molar-refractivity contribution in [2.24, 2.45) is 17.8 Å². The van der Waals surface area contributed by atoms with Gasteiger partial charge in [0.1, 0.15) is 17.3 Å². The number of carbonyl (C=O) groups excluding carboxylic acids is 1. The summed E-state index contributed by atoms with van der Waals surface area (Å²) >= 11 is 0. The molecule has 0 unspecified atom stereocenters. The molecule has 0 radical (unpaired) electrons. The summed E-state index contributed by atoms with van der Waals surface area (Å²) in [5.41, 5.74) is 8.82. The third-order valence-corrected chi connectivity index (χ3v) is 4.70. The van der Waals surface area contributed by atoms with Crippen LogP contribution < -0.4 is 10.6 Å². The van der Waals surface area contributed by atoms with Crippen molar-refractivity contribution < 1.29 is 9.53 Å². The predicted octanol–water partition coefficient (Wildman–Crippen LogP) is 2.32. The van der Waals surface area contributed by atoms with E-state index in [-0.39, 0.29) is 18.3 Å². The number of ether oxygens (including phenoxy) is 1. The number of aliphatic imine (C=N–C) groups is 1. The minimum Gasteiger partial charge on any atom is -0.461 e. The van der Waals surface area contributed by atoms with Gasteiger partial charge in [-0.3, -0.25) is 4.99 Å². The first-order valence-corrected chi connectivity index (χ1v) is 9.82. The van der Waals surface area contributed by atoms with Crippen LogP contribution in [-0.4, -0.2) is 52.0 Å². The van der Waals surface area contributed by atoms with E-state index in [9.17, 15) is 4.79 Å². The maximum Gasteiger partial charge on any atom is 0.354 e. The molecule has 154 valence electrons. The van der Waals surface area contributed by atoms with Crippen LogP contribution >= 0.6 is 0 Å². The molecule has 0 aromatic carbocycles. The summed E-state index contributed by atoms with van der Waals surface area (Å²) in [6, 6.07) is 4.09. The molecule has 3 rings (SSSR count). The van der Waals surface area contributed by atoms with E-state index in [2.05, 4.69) is 19.9 Å².